The lowest BCUT2D eigenvalue weighted by molar-refractivity contribution is 0.0704. The van der Waals surface area contributed by atoms with E-state index in [0.29, 0.717) is 49.9 Å². The van der Waals surface area contributed by atoms with Gasteiger partial charge in [0.25, 0.3) is 5.91 Å². The zero-order chi connectivity index (χ0) is 19.9. The summed E-state index contributed by atoms with van der Waals surface area (Å²) in [6.07, 6.45) is 7.14. The number of aromatic nitrogens is 5. The number of rotatable bonds is 4. The summed E-state index contributed by atoms with van der Waals surface area (Å²) in [5.74, 6) is 1.30. The first-order valence-corrected chi connectivity index (χ1v) is 11.4. The molecule has 1 atom stereocenters. The Morgan fingerprint density at radius 1 is 1.21 bits per heavy atom. The minimum atomic E-state index is -3.31. The van der Waals surface area contributed by atoms with Gasteiger partial charge in [-0.1, -0.05) is 6.42 Å². The van der Waals surface area contributed by atoms with Gasteiger partial charge in [0.2, 0.25) is 10.0 Å². The maximum absolute atomic E-state index is 12.8. The molecule has 152 valence electrons. The average Bonchev–Trinajstić information content (AvgIpc) is 3.33. The first-order valence-electron chi connectivity index (χ1n) is 9.59. The Bertz CT molecular complexity index is 981. The molecule has 2 aliphatic heterocycles. The van der Waals surface area contributed by atoms with Crippen molar-refractivity contribution in [2.24, 2.45) is 0 Å². The fraction of sp³-hybridized carbons (Fsp3) is 0.647. The molecule has 0 radical (unpaired) electrons. The molecule has 11 heteroatoms. The second-order valence-electron chi connectivity index (χ2n) is 7.32. The Morgan fingerprint density at radius 2 is 2.04 bits per heavy atom. The number of hydrogen-bond donors (Lipinski definition) is 0. The van der Waals surface area contributed by atoms with E-state index in [9.17, 15) is 13.2 Å². The van der Waals surface area contributed by atoms with Crippen molar-refractivity contribution in [3.05, 3.63) is 29.6 Å². The fourth-order valence-corrected chi connectivity index (χ4v) is 5.11. The first kappa shape index (κ1) is 19.1. The molecule has 2 aromatic heterocycles. The van der Waals surface area contributed by atoms with Gasteiger partial charge >= 0.3 is 0 Å². The molecule has 0 saturated carbocycles. The summed E-state index contributed by atoms with van der Waals surface area (Å²) in [5.41, 5.74) is 0.561. The normalized spacial score (nSPS) is 20.9. The lowest BCUT2D eigenvalue weighted by Gasteiger charge is -2.34. The maximum Gasteiger partial charge on any atom is 0.257 e. The summed E-state index contributed by atoms with van der Waals surface area (Å²) in [5, 5.41) is 12.8. The van der Waals surface area contributed by atoms with Crippen LogP contribution in [0.25, 0.3) is 0 Å². The van der Waals surface area contributed by atoms with Crippen molar-refractivity contribution in [3.8, 4) is 0 Å². The van der Waals surface area contributed by atoms with Crippen LogP contribution in [0.2, 0.25) is 0 Å². The molecule has 4 rings (SSSR count). The first-order chi connectivity index (χ1) is 13.4. The van der Waals surface area contributed by atoms with E-state index in [1.807, 2.05) is 11.5 Å². The molecule has 2 aromatic rings. The topological polar surface area (TPSA) is 106 Å². The summed E-state index contributed by atoms with van der Waals surface area (Å²) < 4.78 is 29.6. The molecule has 0 aliphatic carbocycles. The second-order valence-corrected chi connectivity index (χ2v) is 9.26. The summed E-state index contributed by atoms with van der Waals surface area (Å²) in [6, 6.07) is -0.282. The van der Waals surface area contributed by atoms with Crippen LogP contribution in [-0.2, 0) is 29.7 Å². The highest BCUT2D eigenvalue weighted by molar-refractivity contribution is 7.88. The number of hydrogen-bond acceptors (Lipinski definition) is 6. The van der Waals surface area contributed by atoms with Crippen molar-refractivity contribution in [2.45, 2.75) is 51.9 Å². The van der Waals surface area contributed by atoms with Crippen molar-refractivity contribution in [1.82, 2.24) is 33.8 Å². The molecule has 28 heavy (non-hydrogen) atoms. The number of aryl methyl sites for hydroxylation is 1. The number of nitrogens with zero attached hydrogens (tertiary/aromatic N) is 7. The van der Waals surface area contributed by atoms with E-state index in [2.05, 4.69) is 15.3 Å². The molecular weight excluding hydrogens is 382 g/mol. The van der Waals surface area contributed by atoms with Gasteiger partial charge in [0, 0.05) is 32.4 Å². The monoisotopic (exact) mass is 407 g/mol. The summed E-state index contributed by atoms with van der Waals surface area (Å²) >= 11 is 0. The number of sulfonamides is 1. The Kier molecular flexibility index (Phi) is 4.96. The average molecular weight is 408 g/mol. The third-order valence-electron chi connectivity index (χ3n) is 5.45. The molecule has 0 N–H and O–H groups in total. The minimum Gasteiger partial charge on any atom is -0.329 e. The van der Waals surface area contributed by atoms with Crippen molar-refractivity contribution in [1.29, 1.82) is 0 Å². The van der Waals surface area contributed by atoms with Crippen molar-refractivity contribution in [2.75, 3.05) is 19.3 Å². The Morgan fingerprint density at radius 3 is 2.75 bits per heavy atom. The van der Waals surface area contributed by atoms with E-state index in [4.69, 9.17) is 0 Å². The van der Waals surface area contributed by atoms with Gasteiger partial charge in [-0.15, -0.1) is 10.2 Å². The zero-order valence-corrected chi connectivity index (χ0v) is 17.0. The summed E-state index contributed by atoms with van der Waals surface area (Å²) in [4.78, 5) is 14.5. The third kappa shape index (κ3) is 3.44. The number of piperidine rings is 1. The van der Waals surface area contributed by atoms with Gasteiger partial charge < -0.3 is 9.47 Å². The van der Waals surface area contributed by atoms with Crippen molar-refractivity contribution in [3.63, 3.8) is 0 Å². The molecule has 2 aliphatic rings. The number of carbonyl (C=O) groups is 1. The van der Waals surface area contributed by atoms with Gasteiger partial charge in [-0.25, -0.2) is 8.42 Å². The molecule has 1 saturated heterocycles. The Hall–Kier alpha value is -2.27. The largest absolute Gasteiger partial charge is 0.329 e. The van der Waals surface area contributed by atoms with E-state index < -0.39 is 10.0 Å². The Labute approximate surface area is 164 Å². The molecule has 0 bridgehead atoms. The minimum absolute atomic E-state index is 0.0778. The fourth-order valence-electron chi connectivity index (χ4n) is 3.99. The van der Waals surface area contributed by atoms with Crippen molar-refractivity contribution >= 4 is 15.9 Å². The molecule has 0 spiro atoms. The van der Waals surface area contributed by atoms with E-state index >= 15 is 0 Å². The van der Waals surface area contributed by atoms with Crippen molar-refractivity contribution < 1.29 is 13.2 Å². The quantitative estimate of drug-likeness (QED) is 0.736. The number of carbonyl (C=O) groups excluding carboxylic acids is 1. The van der Waals surface area contributed by atoms with E-state index in [1.165, 1.54) is 10.6 Å². The third-order valence-corrected chi connectivity index (χ3v) is 6.74. The molecule has 4 heterocycles. The molecule has 1 unspecified atom stereocenters. The van der Waals surface area contributed by atoms with Gasteiger partial charge in [-0.3, -0.25) is 9.48 Å². The predicted octanol–water partition coefficient (Wildman–Crippen LogP) is 0.637. The van der Waals surface area contributed by atoms with Gasteiger partial charge in [0.1, 0.15) is 0 Å². The SMILES string of the molecule is CCn1cc(C(=O)N2CCn3c(nnc3C3CCCCN3S(C)(=O)=O)C2)cn1. The van der Waals surface area contributed by atoms with Crippen LogP contribution in [0.5, 0.6) is 0 Å². The highest BCUT2D eigenvalue weighted by atomic mass is 32.2. The molecule has 1 amide bonds. The van der Waals surface area contributed by atoms with Crippen LogP contribution in [-0.4, -0.2) is 67.4 Å². The van der Waals surface area contributed by atoms with Gasteiger partial charge in [0.05, 0.1) is 30.6 Å². The lowest BCUT2D eigenvalue weighted by atomic mass is 10.0. The highest BCUT2D eigenvalue weighted by Crippen LogP contribution is 2.33. The molecule has 0 aromatic carbocycles. The van der Waals surface area contributed by atoms with E-state index in [1.54, 1.807) is 22.0 Å². The standard InChI is InChI=1S/C17H25N7O3S/c1-3-22-11-13(10-18-22)17(25)21-8-9-23-15(12-21)19-20-16(23)14-6-4-5-7-24(14)28(2,26)27/h10-11,14H,3-9,12H2,1-2H3. The molecule has 1 fully saturated rings. The van der Waals surface area contributed by atoms with Crippen LogP contribution in [0.4, 0.5) is 0 Å². The van der Waals surface area contributed by atoms with Crippen LogP contribution in [0.15, 0.2) is 12.4 Å². The summed E-state index contributed by atoms with van der Waals surface area (Å²) in [6.45, 7) is 4.63. The van der Waals surface area contributed by atoms with Gasteiger partial charge in [-0.2, -0.15) is 9.40 Å². The van der Waals surface area contributed by atoms with Gasteiger partial charge in [0.15, 0.2) is 11.6 Å². The number of amides is 1. The smallest absolute Gasteiger partial charge is 0.257 e. The van der Waals surface area contributed by atoms with Gasteiger partial charge in [-0.05, 0) is 19.8 Å². The van der Waals surface area contributed by atoms with E-state index in [-0.39, 0.29) is 11.9 Å². The zero-order valence-electron chi connectivity index (χ0n) is 16.2. The van der Waals surface area contributed by atoms with Crippen LogP contribution < -0.4 is 0 Å². The van der Waals surface area contributed by atoms with Crippen LogP contribution in [0.1, 0.15) is 54.2 Å². The Balaban J connectivity index is 1.55. The number of fused-ring (bicyclic) bond motifs is 1. The van der Waals surface area contributed by atoms with Crippen LogP contribution >= 0.6 is 0 Å². The second kappa shape index (κ2) is 7.28. The molecule has 10 nitrogen and oxygen atoms in total. The lowest BCUT2D eigenvalue weighted by Crippen LogP contribution is -2.41. The molecular formula is C17H25N7O3S. The van der Waals surface area contributed by atoms with E-state index in [0.717, 1.165) is 19.3 Å². The summed E-state index contributed by atoms with van der Waals surface area (Å²) in [7, 11) is -3.31. The van der Waals surface area contributed by atoms with Crippen LogP contribution in [0.3, 0.4) is 0 Å². The predicted molar refractivity (Wildman–Crippen MR) is 101 cm³/mol. The maximum atomic E-state index is 12.8. The van der Waals surface area contributed by atoms with Crippen LogP contribution in [0, 0.1) is 0 Å². The highest BCUT2D eigenvalue weighted by Gasteiger charge is 2.36.